The van der Waals surface area contributed by atoms with E-state index in [0.29, 0.717) is 6.42 Å². The Morgan fingerprint density at radius 3 is 2.38 bits per heavy atom. The molecule has 0 aliphatic rings. The zero-order chi connectivity index (χ0) is 9.84. The number of carbonyl (C=O) groups is 1. The highest BCUT2D eigenvalue weighted by atomic mass is 79.9. The van der Waals surface area contributed by atoms with Crippen LogP contribution in [0.2, 0.25) is 0 Å². The molecule has 1 aromatic rings. The number of aliphatic carboxylic acids is 1. The van der Waals surface area contributed by atoms with Gasteiger partial charge in [0.1, 0.15) is 0 Å². The van der Waals surface area contributed by atoms with E-state index in [1.807, 2.05) is 31.2 Å². The number of hydrogen-bond donors (Lipinski definition) is 1. The van der Waals surface area contributed by atoms with Crippen LogP contribution < -0.4 is 0 Å². The zero-order valence-corrected chi connectivity index (χ0v) is 8.91. The van der Waals surface area contributed by atoms with Crippen LogP contribution in [-0.4, -0.2) is 11.1 Å². The smallest absolute Gasteiger partial charge is 0.310 e. The van der Waals surface area contributed by atoms with Crippen molar-refractivity contribution in [2.75, 3.05) is 0 Å². The summed E-state index contributed by atoms with van der Waals surface area (Å²) in [6.45, 7) is 1.88. The Bertz CT molecular complexity index is 292. The van der Waals surface area contributed by atoms with E-state index in [9.17, 15) is 4.79 Å². The van der Waals surface area contributed by atoms with Crippen molar-refractivity contribution < 1.29 is 9.90 Å². The Labute approximate surface area is 85.7 Å². The Hall–Kier alpha value is -0.830. The topological polar surface area (TPSA) is 37.3 Å². The van der Waals surface area contributed by atoms with Crippen LogP contribution in [-0.2, 0) is 4.79 Å². The SMILES string of the molecule is CC[C@@H](C(=O)O)c1ccc(Br)cc1. The molecular weight excluding hydrogens is 232 g/mol. The molecular formula is C10H11BrO2. The quantitative estimate of drug-likeness (QED) is 0.885. The maximum atomic E-state index is 10.8. The maximum absolute atomic E-state index is 10.8. The molecule has 2 nitrogen and oxygen atoms in total. The van der Waals surface area contributed by atoms with Gasteiger partial charge in [-0.05, 0) is 24.1 Å². The third kappa shape index (κ3) is 2.56. The lowest BCUT2D eigenvalue weighted by Gasteiger charge is -2.09. The summed E-state index contributed by atoms with van der Waals surface area (Å²) in [6, 6.07) is 7.40. The average Bonchev–Trinajstić information content (AvgIpc) is 2.09. The molecule has 0 saturated carbocycles. The van der Waals surface area contributed by atoms with Gasteiger partial charge < -0.3 is 5.11 Å². The van der Waals surface area contributed by atoms with Crippen molar-refractivity contribution in [3.8, 4) is 0 Å². The summed E-state index contributed by atoms with van der Waals surface area (Å²) in [5, 5.41) is 8.88. The van der Waals surface area contributed by atoms with Gasteiger partial charge in [0, 0.05) is 4.47 Å². The molecule has 1 aromatic carbocycles. The van der Waals surface area contributed by atoms with Crippen molar-refractivity contribution in [1.82, 2.24) is 0 Å². The lowest BCUT2D eigenvalue weighted by Crippen LogP contribution is -2.09. The van der Waals surface area contributed by atoms with Gasteiger partial charge in [0.15, 0.2) is 0 Å². The fourth-order valence-corrected chi connectivity index (χ4v) is 1.51. The van der Waals surface area contributed by atoms with Crippen molar-refractivity contribution in [1.29, 1.82) is 0 Å². The largest absolute Gasteiger partial charge is 0.481 e. The summed E-state index contributed by atoms with van der Waals surface area (Å²) in [6.07, 6.45) is 0.622. The molecule has 0 aromatic heterocycles. The summed E-state index contributed by atoms with van der Waals surface area (Å²) in [5.74, 6) is -1.14. The minimum absolute atomic E-state index is 0.381. The fraction of sp³-hybridized carbons (Fsp3) is 0.300. The standard InChI is InChI=1S/C10H11BrO2/c1-2-9(10(12)13)7-3-5-8(11)6-4-7/h3-6,9H,2H2,1H3,(H,12,13)/t9-/m1/s1. The molecule has 0 amide bonds. The van der Waals surface area contributed by atoms with Gasteiger partial charge in [-0.15, -0.1) is 0 Å². The van der Waals surface area contributed by atoms with Crippen LogP contribution in [0.25, 0.3) is 0 Å². The number of halogens is 1. The number of carboxylic acid groups (broad SMARTS) is 1. The van der Waals surface area contributed by atoms with Crippen LogP contribution in [0.4, 0.5) is 0 Å². The summed E-state index contributed by atoms with van der Waals surface area (Å²) in [4.78, 5) is 10.8. The predicted molar refractivity (Wildman–Crippen MR) is 54.8 cm³/mol. The van der Waals surface area contributed by atoms with E-state index >= 15 is 0 Å². The van der Waals surface area contributed by atoms with Gasteiger partial charge in [0.05, 0.1) is 5.92 Å². The van der Waals surface area contributed by atoms with E-state index in [2.05, 4.69) is 15.9 Å². The second-order valence-corrected chi connectivity index (χ2v) is 3.77. The Morgan fingerprint density at radius 2 is 2.00 bits per heavy atom. The fourth-order valence-electron chi connectivity index (χ4n) is 1.25. The first-order chi connectivity index (χ1) is 6.15. The van der Waals surface area contributed by atoms with Crippen LogP contribution in [0.1, 0.15) is 24.8 Å². The molecule has 0 aliphatic heterocycles. The van der Waals surface area contributed by atoms with Gasteiger partial charge in [-0.3, -0.25) is 4.79 Å². The molecule has 0 bridgehead atoms. The van der Waals surface area contributed by atoms with Crippen molar-refractivity contribution in [3.63, 3.8) is 0 Å². The molecule has 0 fully saturated rings. The molecule has 1 N–H and O–H groups in total. The maximum Gasteiger partial charge on any atom is 0.310 e. The first-order valence-corrected chi connectivity index (χ1v) is 4.92. The van der Waals surface area contributed by atoms with Crippen LogP contribution in [0.15, 0.2) is 28.7 Å². The van der Waals surface area contributed by atoms with Gasteiger partial charge in [0.2, 0.25) is 0 Å². The Kier molecular flexibility index (Phi) is 3.48. The molecule has 1 atom stereocenters. The predicted octanol–water partition coefficient (Wildman–Crippen LogP) is 3.03. The van der Waals surface area contributed by atoms with Crippen LogP contribution in [0.3, 0.4) is 0 Å². The van der Waals surface area contributed by atoms with Crippen molar-refractivity contribution in [2.24, 2.45) is 0 Å². The zero-order valence-electron chi connectivity index (χ0n) is 7.33. The summed E-state index contributed by atoms with van der Waals surface area (Å²) in [7, 11) is 0. The molecule has 13 heavy (non-hydrogen) atoms. The molecule has 0 spiro atoms. The van der Waals surface area contributed by atoms with Crippen LogP contribution in [0.5, 0.6) is 0 Å². The second kappa shape index (κ2) is 4.42. The van der Waals surface area contributed by atoms with Gasteiger partial charge in [-0.25, -0.2) is 0 Å². The minimum Gasteiger partial charge on any atom is -0.481 e. The van der Waals surface area contributed by atoms with E-state index in [0.717, 1.165) is 10.0 Å². The van der Waals surface area contributed by atoms with Crippen molar-refractivity contribution in [3.05, 3.63) is 34.3 Å². The number of hydrogen-bond acceptors (Lipinski definition) is 1. The minimum atomic E-state index is -0.759. The average molecular weight is 243 g/mol. The molecule has 0 aliphatic carbocycles. The van der Waals surface area contributed by atoms with E-state index < -0.39 is 5.97 Å². The van der Waals surface area contributed by atoms with E-state index in [-0.39, 0.29) is 5.92 Å². The Balaban J connectivity index is 2.92. The van der Waals surface area contributed by atoms with Crippen LogP contribution in [0, 0.1) is 0 Å². The highest BCUT2D eigenvalue weighted by Crippen LogP contribution is 2.21. The summed E-state index contributed by atoms with van der Waals surface area (Å²) < 4.78 is 0.969. The third-order valence-corrected chi connectivity index (χ3v) is 2.51. The van der Waals surface area contributed by atoms with Gasteiger partial charge in [0.25, 0.3) is 0 Å². The molecule has 0 heterocycles. The first kappa shape index (κ1) is 10.3. The van der Waals surface area contributed by atoms with E-state index in [4.69, 9.17) is 5.11 Å². The first-order valence-electron chi connectivity index (χ1n) is 4.13. The summed E-state index contributed by atoms with van der Waals surface area (Å²) >= 11 is 3.31. The molecule has 0 radical (unpaired) electrons. The molecule has 1 rings (SSSR count). The molecule has 70 valence electrons. The number of rotatable bonds is 3. The van der Waals surface area contributed by atoms with Gasteiger partial charge >= 0.3 is 5.97 Å². The summed E-state index contributed by atoms with van der Waals surface area (Å²) in [5.41, 5.74) is 0.859. The third-order valence-electron chi connectivity index (χ3n) is 1.98. The lowest BCUT2D eigenvalue weighted by molar-refractivity contribution is -0.138. The lowest BCUT2D eigenvalue weighted by atomic mass is 9.97. The number of benzene rings is 1. The molecule has 0 unspecified atom stereocenters. The highest BCUT2D eigenvalue weighted by molar-refractivity contribution is 9.10. The second-order valence-electron chi connectivity index (χ2n) is 2.85. The van der Waals surface area contributed by atoms with Crippen LogP contribution >= 0.6 is 15.9 Å². The monoisotopic (exact) mass is 242 g/mol. The molecule has 3 heteroatoms. The van der Waals surface area contributed by atoms with Gasteiger partial charge in [-0.2, -0.15) is 0 Å². The van der Waals surface area contributed by atoms with E-state index in [1.165, 1.54) is 0 Å². The van der Waals surface area contributed by atoms with Crippen molar-refractivity contribution in [2.45, 2.75) is 19.3 Å². The normalized spacial score (nSPS) is 12.5. The number of carboxylic acids is 1. The van der Waals surface area contributed by atoms with Crippen molar-refractivity contribution >= 4 is 21.9 Å². The van der Waals surface area contributed by atoms with E-state index in [1.54, 1.807) is 0 Å². The molecule has 0 saturated heterocycles. The Morgan fingerprint density at radius 1 is 1.46 bits per heavy atom. The highest BCUT2D eigenvalue weighted by Gasteiger charge is 2.16. The van der Waals surface area contributed by atoms with Gasteiger partial charge in [-0.1, -0.05) is 35.0 Å².